The fourth-order valence-corrected chi connectivity index (χ4v) is 6.29. The summed E-state index contributed by atoms with van der Waals surface area (Å²) >= 11 is 0. The van der Waals surface area contributed by atoms with Gasteiger partial charge in [0.25, 0.3) is 0 Å². The number of nitrogens with zero attached hydrogens (tertiary/aromatic N) is 2. The minimum Gasteiger partial charge on any atom is -0.382 e. The van der Waals surface area contributed by atoms with E-state index in [1.54, 1.807) is 12.1 Å². The molecule has 1 atom stereocenters. The molecular weight excluding hydrogens is 495 g/mol. The van der Waals surface area contributed by atoms with Crippen LogP contribution in [0, 0.1) is 11.2 Å². The molecule has 0 bridgehead atoms. The van der Waals surface area contributed by atoms with E-state index in [-0.39, 0.29) is 7.24 Å². The van der Waals surface area contributed by atoms with E-state index >= 15 is 0 Å². The van der Waals surface area contributed by atoms with Crippen molar-refractivity contribution in [1.29, 1.82) is 5.41 Å². The van der Waals surface area contributed by atoms with E-state index in [9.17, 15) is 4.39 Å². The molecule has 0 spiro atoms. The number of nitrogens with one attached hydrogen (secondary N) is 2. The number of allylic oxidation sites excluding steroid dienone is 3. The summed E-state index contributed by atoms with van der Waals surface area (Å²) in [6, 6.07) is 22.5. The van der Waals surface area contributed by atoms with E-state index in [2.05, 4.69) is 77.5 Å². The van der Waals surface area contributed by atoms with Crippen molar-refractivity contribution < 1.29 is 5.82 Å². The van der Waals surface area contributed by atoms with Crippen LogP contribution in [0.5, 0.6) is 0 Å². The number of hydrogen-bond donors (Lipinski definition) is 2. The molecule has 5 heteroatoms. The summed E-state index contributed by atoms with van der Waals surface area (Å²) in [7, 11) is 0. The molecule has 6 rings (SSSR count). The molecule has 1 saturated carbocycles. The zero-order chi connectivity index (χ0) is 27.8. The number of anilines is 2. The molecule has 40 heavy (non-hydrogen) atoms. The van der Waals surface area contributed by atoms with Gasteiger partial charge in [-0.05, 0) is 99.6 Å². The quantitative estimate of drug-likeness (QED) is 0.299. The first-order valence-corrected chi connectivity index (χ1v) is 14.6. The number of benzene rings is 3. The summed E-state index contributed by atoms with van der Waals surface area (Å²) in [6.07, 6.45) is 9.63. The summed E-state index contributed by atoms with van der Waals surface area (Å²) in [6.45, 7) is 8.46. The highest BCUT2D eigenvalue weighted by Crippen LogP contribution is 2.42. The van der Waals surface area contributed by atoms with Crippen molar-refractivity contribution in [3.05, 3.63) is 107 Å². The Labute approximate surface area is 239 Å². The number of hydrogen-bond acceptors (Lipinski definition) is 4. The maximum atomic E-state index is 13.9. The zero-order valence-electron chi connectivity index (χ0n) is 23.8. The first kappa shape index (κ1) is 26.5. The Morgan fingerprint density at radius 1 is 0.975 bits per heavy atom. The highest BCUT2D eigenvalue weighted by molar-refractivity contribution is 6.13. The van der Waals surface area contributed by atoms with Gasteiger partial charge in [0.05, 0.1) is 5.71 Å². The lowest BCUT2D eigenvalue weighted by atomic mass is 9.92. The second kappa shape index (κ2) is 11.1. The Bertz CT molecular complexity index is 1480. The zero-order valence-corrected chi connectivity index (χ0v) is 23.8. The minimum atomic E-state index is -0.320. The molecule has 2 aliphatic heterocycles. The van der Waals surface area contributed by atoms with Gasteiger partial charge < -0.3 is 10.2 Å². The number of piperidine rings is 1. The van der Waals surface area contributed by atoms with Crippen molar-refractivity contribution in [3.8, 4) is 0 Å². The Morgan fingerprint density at radius 2 is 1.75 bits per heavy atom. The lowest BCUT2D eigenvalue weighted by Gasteiger charge is -2.46. The molecule has 3 aromatic carbocycles. The van der Waals surface area contributed by atoms with E-state index in [1.807, 2.05) is 13.0 Å². The summed E-state index contributed by atoms with van der Waals surface area (Å²) < 4.78 is 13.9. The lowest BCUT2D eigenvalue weighted by Crippen LogP contribution is -2.53. The molecule has 0 aromatic heterocycles. The van der Waals surface area contributed by atoms with Crippen molar-refractivity contribution in [2.24, 2.45) is 0 Å². The average molecular weight is 537 g/mol. The Kier molecular flexibility index (Phi) is 7.33. The van der Waals surface area contributed by atoms with Gasteiger partial charge in [-0.2, -0.15) is 0 Å². The predicted octanol–water partition coefficient (Wildman–Crippen LogP) is 8.20. The van der Waals surface area contributed by atoms with Crippen LogP contribution in [0.15, 0.2) is 78.9 Å². The van der Waals surface area contributed by atoms with E-state index in [4.69, 9.17) is 5.41 Å². The maximum Gasteiger partial charge on any atom is 0.123 e. The van der Waals surface area contributed by atoms with Crippen molar-refractivity contribution in [3.63, 3.8) is 0 Å². The number of para-hydroxylation sites is 1. The van der Waals surface area contributed by atoms with Crippen LogP contribution in [0.4, 0.5) is 15.8 Å². The SMILES string of the molecule is C/C=C(\C)c1cc(NC2CCN(C3C=C(C)c4ccccc4N3C3CC3)CC2)ccc1C(=N)c1cccc(F)c1.[HH]. The summed E-state index contributed by atoms with van der Waals surface area (Å²) in [5.41, 5.74) is 9.10. The summed E-state index contributed by atoms with van der Waals surface area (Å²) in [5, 5.41) is 12.6. The molecule has 0 radical (unpaired) electrons. The normalized spacial score (nSPS) is 20.2. The number of fused-ring (bicyclic) bond motifs is 1. The van der Waals surface area contributed by atoms with Crippen molar-refractivity contribution in [2.75, 3.05) is 23.3 Å². The Morgan fingerprint density at radius 3 is 2.48 bits per heavy atom. The fourth-order valence-electron chi connectivity index (χ4n) is 6.29. The topological polar surface area (TPSA) is 42.4 Å². The van der Waals surface area contributed by atoms with Gasteiger partial charge in [-0.3, -0.25) is 10.3 Å². The van der Waals surface area contributed by atoms with Gasteiger partial charge in [0, 0.05) is 54.7 Å². The van der Waals surface area contributed by atoms with Crippen LogP contribution in [0.3, 0.4) is 0 Å². The van der Waals surface area contributed by atoms with E-state index in [0.29, 0.717) is 29.5 Å². The smallest absolute Gasteiger partial charge is 0.123 e. The van der Waals surface area contributed by atoms with E-state index in [1.165, 1.54) is 41.8 Å². The number of rotatable bonds is 7. The molecule has 1 aliphatic carbocycles. The molecule has 4 nitrogen and oxygen atoms in total. The third-order valence-corrected chi connectivity index (χ3v) is 8.77. The second-order valence-corrected chi connectivity index (χ2v) is 11.5. The van der Waals surface area contributed by atoms with Gasteiger partial charge in [-0.25, -0.2) is 4.39 Å². The first-order chi connectivity index (χ1) is 19.4. The number of halogens is 1. The average Bonchev–Trinajstić information content (AvgIpc) is 3.82. The van der Waals surface area contributed by atoms with E-state index in [0.717, 1.165) is 48.3 Å². The molecule has 0 amide bonds. The minimum absolute atomic E-state index is 0. The van der Waals surface area contributed by atoms with Crippen LogP contribution in [0.1, 0.15) is 70.1 Å². The molecule has 3 aliphatic rings. The van der Waals surface area contributed by atoms with Gasteiger partial charge in [-0.15, -0.1) is 0 Å². The molecular formula is C35H41FN4. The van der Waals surface area contributed by atoms with Gasteiger partial charge >= 0.3 is 0 Å². The molecule has 1 unspecified atom stereocenters. The molecule has 1 saturated heterocycles. The van der Waals surface area contributed by atoms with Crippen LogP contribution in [-0.2, 0) is 0 Å². The van der Waals surface area contributed by atoms with Crippen molar-refractivity contribution >= 4 is 28.2 Å². The van der Waals surface area contributed by atoms with Crippen LogP contribution in [-0.4, -0.2) is 42.0 Å². The fraction of sp³-hybridized carbons (Fsp3) is 0.343. The molecule has 3 aromatic rings. The first-order valence-electron chi connectivity index (χ1n) is 14.6. The Balaban J connectivity index is 0.00000337. The van der Waals surface area contributed by atoms with Crippen molar-refractivity contribution in [2.45, 2.75) is 64.7 Å². The summed E-state index contributed by atoms with van der Waals surface area (Å²) in [4.78, 5) is 5.34. The van der Waals surface area contributed by atoms with Gasteiger partial charge in [-0.1, -0.05) is 42.5 Å². The van der Waals surface area contributed by atoms with Gasteiger partial charge in [0.15, 0.2) is 0 Å². The van der Waals surface area contributed by atoms with Crippen LogP contribution >= 0.6 is 0 Å². The lowest BCUT2D eigenvalue weighted by molar-refractivity contribution is 0.177. The van der Waals surface area contributed by atoms with E-state index < -0.39 is 0 Å². The standard InChI is InChI=1S/C35H39FN4.H2/c1-4-23(2)32-22-28(12-15-31(32)35(37)25-8-7-9-26(36)21-25)38-27-16-18-39(19-17-27)34-20-24(3)30-10-5-6-11-33(30)40(34)29-13-14-29;/h4-12,15,20-22,27,29,34,37-38H,13-14,16-19H2,1-3H3;1H/b23-4+,37-35?;. The molecule has 2 heterocycles. The molecule has 208 valence electrons. The monoisotopic (exact) mass is 536 g/mol. The molecule has 2 N–H and O–H groups in total. The van der Waals surface area contributed by atoms with Crippen molar-refractivity contribution in [1.82, 2.24) is 4.90 Å². The highest BCUT2D eigenvalue weighted by Gasteiger charge is 2.39. The Hall–Kier alpha value is -3.70. The van der Waals surface area contributed by atoms with Crippen LogP contribution in [0.25, 0.3) is 11.1 Å². The maximum absolute atomic E-state index is 13.9. The van der Waals surface area contributed by atoms with Gasteiger partial charge in [0.1, 0.15) is 12.0 Å². The highest BCUT2D eigenvalue weighted by atomic mass is 19.1. The molecule has 2 fully saturated rings. The third kappa shape index (κ3) is 5.23. The van der Waals surface area contributed by atoms with Crippen LogP contribution in [0.2, 0.25) is 0 Å². The largest absolute Gasteiger partial charge is 0.382 e. The number of likely N-dealkylation sites (tertiary alicyclic amines) is 1. The second-order valence-electron chi connectivity index (χ2n) is 11.5. The predicted molar refractivity (Wildman–Crippen MR) is 168 cm³/mol. The van der Waals surface area contributed by atoms with Gasteiger partial charge in [0.2, 0.25) is 0 Å². The summed E-state index contributed by atoms with van der Waals surface area (Å²) in [5.74, 6) is -0.320. The van der Waals surface area contributed by atoms with Crippen LogP contribution < -0.4 is 10.2 Å². The third-order valence-electron chi connectivity index (χ3n) is 8.77.